The summed E-state index contributed by atoms with van der Waals surface area (Å²) in [6.07, 6.45) is 1.56. The summed E-state index contributed by atoms with van der Waals surface area (Å²) in [7, 11) is 0. The van der Waals surface area contributed by atoms with E-state index in [-0.39, 0.29) is 0 Å². The first-order valence-corrected chi connectivity index (χ1v) is 6.92. The second-order valence-corrected chi connectivity index (χ2v) is 5.18. The van der Waals surface area contributed by atoms with Crippen LogP contribution in [0.1, 0.15) is 11.1 Å². The van der Waals surface area contributed by atoms with Crippen LogP contribution in [0.5, 0.6) is 0 Å². The molecule has 21 heavy (non-hydrogen) atoms. The monoisotopic (exact) mass is 321 g/mol. The quantitative estimate of drug-likeness (QED) is 0.636. The Morgan fingerprint density at radius 3 is 2.48 bits per heavy atom. The zero-order valence-electron chi connectivity index (χ0n) is 11.2. The molecule has 4 nitrogen and oxygen atoms in total. The molecule has 2 aromatic carbocycles. The number of anilines is 1. The lowest BCUT2D eigenvalue weighted by Crippen LogP contribution is -2.24. The van der Waals surface area contributed by atoms with Crippen molar-refractivity contribution in [2.24, 2.45) is 5.10 Å². The highest BCUT2D eigenvalue weighted by molar-refractivity contribution is 6.42. The molecule has 0 aliphatic heterocycles. The number of hydrogen-bond acceptors (Lipinski definition) is 2. The Hall–Kier alpha value is -2.04. The number of nitrogens with zero attached hydrogens (tertiary/aromatic N) is 1. The first-order valence-electron chi connectivity index (χ1n) is 6.16. The van der Waals surface area contributed by atoms with Crippen molar-refractivity contribution < 1.29 is 4.79 Å². The summed E-state index contributed by atoms with van der Waals surface area (Å²) in [6.45, 7) is 2.00. The van der Waals surface area contributed by atoms with Gasteiger partial charge in [0.05, 0.1) is 16.3 Å². The molecule has 2 N–H and O–H groups in total. The van der Waals surface area contributed by atoms with Gasteiger partial charge in [-0.1, -0.05) is 53.0 Å². The predicted octanol–water partition coefficient (Wildman–Crippen LogP) is 4.46. The minimum Gasteiger partial charge on any atom is -0.306 e. The molecule has 0 spiro atoms. The maximum Gasteiger partial charge on any atom is 0.339 e. The molecule has 2 rings (SSSR count). The number of hydrazone groups is 1. The highest BCUT2D eigenvalue weighted by atomic mass is 35.5. The van der Waals surface area contributed by atoms with Crippen molar-refractivity contribution in [1.82, 2.24) is 5.43 Å². The van der Waals surface area contributed by atoms with E-state index in [1.54, 1.807) is 24.4 Å². The molecule has 0 radical (unpaired) electrons. The largest absolute Gasteiger partial charge is 0.339 e. The van der Waals surface area contributed by atoms with Gasteiger partial charge < -0.3 is 5.32 Å². The molecular weight excluding hydrogens is 309 g/mol. The van der Waals surface area contributed by atoms with Crippen LogP contribution in [-0.4, -0.2) is 12.2 Å². The molecule has 0 aliphatic carbocycles. The van der Waals surface area contributed by atoms with Crippen LogP contribution in [0.4, 0.5) is 10.5 Å². The van der Waals surface area contributed by atoms with Gasteiger partial charge in [0.1, 0.15) is 0 Å². The Balaban J connectivity index is 1.89. The van der Waals surface area contributed by atoms with Gasteiger partial charge in [0.2, 0.25) is 0 Å². The van der Waals surface area contributed by atoms with Gasteiger partial charge in [0.25, 0.3) is 0 Å². The molecule has 0 bridgehead atoms. The minimum atomic E-state index is -0.461. The number of aryl methyl sites for hydroxylation is 1. The maximum atomic E-state index is 11.6. The molecule has 0 atom stereocenters. The Morgan fingerprint density at radius 1 is 1.10 bits per heavy atom. The van der Waals surface area contributed by atoms with E-state index in [9.17, 15) is 4.79 Å². The van der Waals surface area contributed by atoms with Crippen LogP contribution in [-0.2, 0) is 0 Å². The molecule has 0 aliphatic rings. The summed E-state index contributed by atoms with van der Waals surface area (Å²) in [5.41, 5.74) is 4.97. The Labute approximate surface area is 132 Å². The van der Waals surface area contributed by atoms with Crippen LogP contribution in [0.25, 0.3) is 0 Å². The molecule has 2 amide bonds. The number of halogens is 2. The molecule has 108 valence electrons. The number of carbonyl (C=O) groups is 1. The fourth-order valence-electron chi connectivity index (χ4n) is 1.55. The Kier molecular flexibility index (Phi) is 5.20. The third kappa shape index (κ3) is 4.77. The van der Waals surface area contributed by atoms with E-state index in [1.165, 1.54) is 0 Å². The molecule has 0 saturated carbocycles. The van der Waals surface area contributed by atoms with E-state index in [0.29, 0.717) is 15.7 Å². The van der Waals surface area contributed by atoms with Crippen molar-refractivity contribution in [3.05, 3.63) is 63.6 Å². The van der Waals surface area contributed by atoms with Crippen LogP contribution in [0.3, 0.4) is 0 Å². The number of urea groups is 1. The Bertz CT molecular complexity index is 669. The topological polar surface area (TPSA) is 53.5 Å². The molecule has 0 fully saturated rings. The maximum absolute atomic E-state index is 11.6. The van der Waals surface area contributed by atoms with E-state index < -0.39 is 6.03 Å². The fraction of sp³-hybridized carbons (Fsp3) is 0.0667. The number of hydrogen-bond donors (Lipinski definition) is 2. The highest BCUT2D eigenvalue weighted by Crippen LogP contribution is 2.24. The van der Waals surface area contributed by atoms with Crippen LogP contribution in [0.15, 0.2) is 47.6 Å². The number of rotatable bonds is 3. The molecule has 2 aromatic rings. The van der Waals surface area contributed by atoms with Gasteiger partial charge in [-0.3, -0.25) is 0 Å². The minimum absolute atomic E-state index is 0.373. The number of nitrogens with one attached hydrogen (secondary N) is 2. The number of benzene rings is 2. The summed E-state index contributed by atoms with van der Waals surface area (Å²) in [5, 5.41) is 7.26. The predicted molar refractivity (Wildman–Crippen MR) is 87.4 cm³/mol. The van der Waals surface area contributed by atoms with Crippen LogP contribution >= 0.6 is 23.2 Å². The van der Waals surface area contributed by atoms with Gasteiger partial charge in [-0.2, -0.15) is 5.10 Å². The molecule has 0 saturated heterocycles. The van der Waals surface area contributed by atoms with E-state index in [4.69, 9.17) is 23.2 Å². The van der Waals surface area contributed by atoms with Gasteiger partial charge in [-0.05, 0) is 30.7 Å². The second kappa shape index (κ2) is 7.11. The smallest absolute Gasteiger partial charge is 0.306 e. The second-order valence-electron chi connectivity index (χ2n) is 4.36. The van der Waals surface area contributed by atoms with Crippen LogP contribution in [0, 0.1) is 6.92 Å². The van der Waals surface area contributed by atoms with Gasteiger partial charge in [0, 0.05) is 5.69 Å². The van der Waals surface area contributed by atoms with Crippen molar-refractivity contribution in [2.45, 2.75) is 6.92 Å². The average molecular weight is 322 g/mol. The molecular formula is C15H13Cl2N3O. The van der Waals surface area contributed by atoms with Gasteiger partial charge in [-0.25, -0.2) is 10.2 Å². The first-order chi connectivity index (χ1) is 10.0. The van der Waals surface area contributed by atoms with E-state index in [1.807, 2.05) is 31.2 Å². The van der Waals surface area contributed by atoms with Crippen molar-refractivity contribution in [3.8, 4) is 0 Å². The van der Waals surface area contributed by atoms with Gasteiger partial charge in [-0.15, -0.1) is 0 Å². The normalized spacial score (nSPS) is 10.6. The van der Waals surface area contributed by atoms with E-state index in [0.717, 1.165) is 11.1 Å². The van der Waals surface area contributed by atoms with Gasteiger partial charge in [0.15, 0.2) is 0 Å². The van der Waals surface area contributed by atoms with E-state index >= 15 is 0 Å². The zero-order chi connectivity index (χ0) is 15.2. The van der Waals surface area contributed by atoms with Crippen LogP contribution in [0.2, 0.25) is 10.0 Å². The summed E-state index contributed by atoms with van der Waals surface area (Å²) in [5.74, 6) is 0. The van der Waals surface area contributed by atoms with Crippen LogP contribution < -0.4 is 10.7 Å². The van der Waals surface area contributed by atoms with Crippen molar-refractivity contribution in [1.29, 1.82) is 0 Å². The third-order valence-electron chi connectivity index (χ3n) is 2.63. The number of carbonyl (C=O) groups excluding carboxylic acids is 1. The number of amides is 2. The highest BCUT2D eigenvalue weighted by Gasteiger charge is 2.03. The summed E-state index contributed by atoms with van der Waals surface area (Å²) in [6, 6.07) is 12.1. The van der Waals surface area contributed by atoms with Crippen molar-refractivity contribution >= 4 is 41.1 Å². The molecule has 0 heterocycles. The SMILES string of the molecule is Cc1ccc(C=NNC(=O)Nc2ccc(Cl)c(Cl)c2)cc1. The summed E-state index contributed by atoms with van der Waals surface area (Å²) < 4.78 is 0. The lowest BCUT2D eigenvalue weighted by atomic mass is 10.2. The Morgan fingerprint density at radius 2 is 1.81 bits per heavy atom. The lowest BCUT2D eigenvalue weighted by molar-refractivity contribution is 0.252. The van der Waals surface area contributed by atoms with Crippen molar-refractivity contribution in [3.63, 3.8) is 0 Å². The van der Waals surface area contributed by atoms with Crippen molar-refractivity contribution in [2.75, 3.05) is 5.32 Å². The van der Waals surface area contributed by atoms with Gasteiger partial charge >= 0.3 is 6.03 Å². The van der Waals surface area contributed by atoms with E-state index in [2.05, 4.69) is 15.8 Å². The standard InChI is InChI=1S/C15H13Cl2N3O/c1-10-2-4-11(5-3-10)9-18-20-15(21)19-12-6-7-13(16)14(17)8-12/h2-9H,1H3,(H2,19,20,21). The third-order valence-corrected chi connectivity index (χ3v) is 3.37. The first kappa shape index (κ1) is 15.4. The molecule has 0 unspecified atom stereocenters. The zero-order valence-corrected chi connectivity index (χ0v) is 12.7. The summed E-state index contributed by atoms with van der Waals surface area (Å²) >= 11 is 11.7. The lowest BCUT2D eigenvalue weighted by Gasteiger charge is -2.05. The summed E-state index contributed by atoms with van der Waals surface area (Å²) in [4.78, 5) is 11.6. The molecule has 6 heteroatoms. The fourth-order valence-corrected chi connectivity index (χ4v) is 1.85. The average Bonchev–Trinajstić information content (AvgIpc) is 2.45. The molecule has 0 aromatic heterocycles.